The van der Waals surface area contributed by atoms with Gasteiger partial charge in [-0.25, -0.2) is 4.79 Å². The van der Waals surface area contributed by atoms with Crippen LogP contribution in [0.4, 0.5) is 0 Å². The molecule has 0 radical (unpaired) electrons. The Kier molecular flexibility index (Phi) is 3.66. The highest BCUT2D eigenvalue weighted by Crippen LogP contribution is 2.27. The molecule has 2 aromatic heterocycles. The third-order valence-corrected chi connectivity index (χ3v) is 3.36. The summed E-state index contributed by atoms with van der Waals surface area (Å²) in [6, 6.07) is 3.02. The summed E-state index contributed by atoms with van der Waals surface area (Å²) < 4.78 is 11.0. The second-order valence-electron chi connectivity index (χ2n) is 4.76. The average molecular weight is 311 g/mol. The van der Waals surface area contributed by atoms with Crippen molar-refractivity contribution < 1.29 is 24.5 Å². The summed E-state index contributed by atoms with van der Waals surface area (Å²) in [6.45, 7) is -0.544. The number of nitrogens with one attached hydrogen (secondary N) is 1. The summed E-state index contributed by atoms with van der Waals surface area (Å²) in [7, 11) is 0. The van der Waals surface area contributed by atoms with Crippen molar-refractivity contribution in [2.45, 2.75) is 24.5 Å². The molecule has 0 bridgehead atoms. The zero-order valence-electron chi connectivity index (χ0n) is 11.1. The van der Waals surface area contributed by atoms with Gasteiger partial charge in [0.05, 0.1) is 12.9 Å². The highest BCUT2D eigenvalue weighted by molar-refractivity contribution is 5.48. The Morgan fingerprint density at radius 2 is 2.09 bits per heavy atom. The van der Waals surface area contributed by atoms with Gasteiger partial charge in [0.1, 0.15) is 18.3 Å². The Morgan fingerprint density at radius 1 is 1.32 bits per heavy atom. The van der Waals surface area contributed by atoms with E-state index in [0.29, 0.717) is 4.68 Å². The van der Waals surface area contributed by atoms with Gasteiger partial charge in [0.15, 0.2) is 17.7 Å². The van der Waals surface area contributed by atoms with Crippen LogP contribution in [0, 0.1) is 0 Å². The minimum Gasteiger partial charge on any atom is -0.462 e. The highest BCUT2D eigenvalue weighted by atomic mass is 16.6. The predicted molar refractivity (Wildman–Crippen MR) is 69.8 cm³/mol. The van der Waals surface area contributed by atoms with E-state index in [1.807, 2.05) is 4.98 Å². The van der Waals surface area contributed by atoms with E-state index in [1.54, 1.807) is 6.07 Å². The van der Waals surface area contributed by atoms with Gasteiger partial charge in [0.2, 0.25) is 0 Å². The number of aromatic nitrogens is 3. The number of aliphatic hydroxyl groups is 3. The normalized spacial score (nSPS) is 28.1. The minimum atomic E-state index is -1.49. The average Bonchev–Trinajstić information content (AvgIpc) is 3.10. The van der Waals surface area contributed by atoms with E-state index in [4.69, 9.17) is 14.3 Å². The number of hydrogen-bond donors (Lipinski definition) is 4. The molecule has 4 N–H and O–H groups in total. The molecule has 3 rings (SSSR count). The van der Waals surface area contributed by atoms with Gasteiger partial charge >= 0.3 is 5.69 Å². The van der Waals surface area contributed by atoms with Crippen molar-refractivity contribution in [2.75, 3.05) is 6.61 Å². The van der Waals surface area contributed by atoms with Crippen LogP contribution in [0.15, 0.2) is 32.4 Å². The summed E-state index contributed by atoms with van der Waals surface area (Å²) >= 11 is 0. The zero-order chi connectivity index (χ0) is 15.9. The van der Waals surface area contributed by atoms with E-state index in [1.165, 1.54) is 12.3 Å². The highest BCUT2D eigenvalue weighted by Gasteiger charge is 2.44. The van der Waals surface area contributed by atoms with Gasteiger partial charge < -0.3 is 24.5 Å². The van der Waals surface area contributed by atoms with Crippen molar-refractivity contribution in [3.63, 3.8) is 0 Å². The van der Waals surface area contributed by atoms with Crippen LogP contribution in [-0.4, -0.2) is 55.0 Å². The van der Waals surface area contributed by atoms with Gasteiger partial charge in [-0.05, 0) is 12.1 Å². The number of H-pyrrole nitrogens is 1. The van der Waals surface area contributed by atoms with E-state index < -0.39 is 42.4 Å². The number of ether oxygens (including phenoxy) is 1. The van der Waals surface area contributed by atoms with Crippen LogP contribution < -0.4 is 11.2 Å². The van der Waals surface area contributed by atoms with E-state index >= 15 is 0 Å². The van der Waals surface area contributed by atoms with Crippen LogP contribution in [0.5, 0.6) is 0 Å². The summed E-state index contributed by atoms with van der Waals surface area (Å²) in [5, 5.41) is 32.5. The van der Waals surface area contributed by atoms with Crippen molar-refractivity contribution in [3.8, 4) is 11.5 Å². The van der Waals surface area contributed by atoms with Gasteiger partial charge in [-0.3, -0.25) is 9.78 Å². The number of nitrogens with zero attached hydrogens (tertiary/aromatic N) is 2. The molecule has 0 unspecified atom stereocenters. The third-order valence-electron chi connectivity index (χ3n) is 3.36. The summed E-state index contributed by atoms with van der Waals surface area (Å²) in [4.78, 5) is 25.7. The Morgan fingerprint density at radius 3 is 2.68 bits per heavy atom. The molecule has 0 amide bonds. The fourth-order valence-electron chi connectivity index (χ4n) is 2.24. The second kappa shape index (κ2) is 5.50. The van der Waals surface area contributed by atoms with E-state index in [2.05, 4.69) is 5.10 Å². The summed E-state index contributed by atoms with van der Waals surface area (Å²) in [5.41, 5.74) is -1.86. The van der Waals surface area contributed by atoms with Crippen LogP contribution in [0.25, 0.3) is 11.5 Å². The van der Waals surface area contributed by atoms with Gasteiger partial charge in [0, 0.05) is 0 Å². The molecular weight excluding hydrogens is 298 g/mol. The molecule has 0 aliphatic carbocycles. The van der Waals surface area contributed by atoms with E-state index in [9.17, 15) is 19.8 Å². The quantitative estimate of drug-likeness (QED) is 0.498. The largest absolute Gasteiger partial charge is 0.462 e. The van der Waals surface area contributed by atoms with Crippen molar-refractivity contribution in [2.24, 2.45) is 0 Å². The number of hydrogen-bond acceptors (Lipinski definition) is 8. The minimum absolute atomic E-state index is 0.127. The van der Waals surface area contributed by atoms with Gasteiger partial charge in [-0.2, -0.15) is 9.78 Å². The fraction of sp³-hybridized carbons (Fsp3) is 0.417. The van der Waals surface area contributed by atoms with Crippen molar-refractivity contribution in [1.82, 2.24) is 14.8 Å². The maximum atomic E-state index is 11.9. The van der Waals surface area contributed by atoms with Gasteiger partial charge in [-0.1, -0.05) is 0 Å². The lowest BCUT2D eigenvalue weighted by atomic mass is 10.1. The number of aromatic amines is 1. The summed E-state index contributed by atoms with van der Waals surface area (Å²) in [6.07, 6.45) is -3.95. The van der Waals surface area contributed by atoms with Gasteiger partial charge in [0.25, 0.3) is 5.56 Å². The van der Waals surface area contributed by atoms with Crippen molar-refractivity contribution in [1.29, 1.82) is 0 Å². The Bertz CT molecular complexity index is 766. The molecule has 4 atom stereocenters. The predicted octanol–water partition coefficient (Wildman–Crippen LogP) is -2.20. The Balaban J connectivity index is 2.07. The lowest BCUT2D eigenvalue weighted by Crippen LogP contribution is -2.40. The molecule has 1 aliphatic rings. The number of aliphatic hydroxyl groups excluding tert-OH is 3. The molecule has 1 saturated heterocycles. The molecule has 3 heterocycles. The second-order valence-corrected chi connectivity index (χ2v) is 4.76. The monoisotopic (exact) mass is 311 g/mol. The molecule has 1 aliphatic heterocycles. The Hall–Kier alpha value is -2.27. The van der Waals surface area contributed by atoms with Crippen LogP contribution >= 0.6 is 0 Å². The first-order valence-electron chi connectivity index (χ1n) is 6.42. The topological polar surface area (TPSA) is 151 Å². The number of furan rings is 1. The van der Waals surface area contributed by atoms with E-state index in [-0.39, 0.29) is 11.5 Å². The van der Waals surface area contributed by atoms with Crippen molar-refractivity contribution >= 4 is 0 Å². The molecule has 0 spiro atoms. The van der Waals surface area contributed by atoms with Crippen molar-refractivity contribution in [3.05, 3.63) is 39.2 Å². The standard InChI is InChI=1S/C12H13N3O7/c16-4-6-8(17)9(18)11(22-6)15-12(20)13-10(19)7(14-15)5-2-1-3-21-5/h1-3,6,8-9,11,16-18H,4H2,(H,13,19,20)/t6-,8-,9-,11-/m1/s1. The molecular formula is C12H13N3O7. The SMILES string of the molecule is O=c1[nH]c(=O)n([C@@H]2O[C@H](CO)[C@@H](O)[C@H]2O)nc1-c1ccco1. The lowest BCUT2D eigenvalue weighted by Gasteiger charge is -2.16. The zero-order valence-corrected chi connectivity index (χ0v) is 11.1. The number of rotatable bonds is 3. The molecule has 0 saturated carbocycles. The van der Waals surface area contributed by atoms with Crippen LogP contribution in [0.1, 0.15) is 6.23 Å². The van der Waals surface area contributed by atoms with Gasteiger partial charge in [-0.15, -0.1) is 0 Å². The molecule has 118 valence electrons. The maximum absolute atomic E-state index is 11.9. The first-order chi connectivity index (χ1) is 10.5. The van der Waals surface area contributed by atoms with Crippen LogP contribution in [-0.2, 0) is 4.74 Å². The molecule has 0 aromatic carbocycles. The smallest absolute Gasteiger partial charge is 0.347 e. The molecule has 1 fully saturated rings. The van der Waals surface area contributed by atoms with E-state index in [0.717, 1.165) is 0 Å². The van der Waals surface area contributed by atoms with Crippen LogP contribution in [0.3, 0.4) is 0 Å². The fourth-order valence-corrected chi connectivity index (χ4v) is 2.24. The molecule has 10 heteroatoms. The Labute approximate surface area is 122 Å². The molecule has 10 nitrogen and oxygen atoms in total. The molecule has 22 heavy (non-hydrogen) atoms. The first-order valence-corrected chi connectivity index (χ1v) is 6.42. The molecule has 2 aromatic rings. The lowest BCUT2D eigenvalue weighted by molar-refractivity contribution is -0.0616. The third kappa shape index (κ3) is 2.27. The summed E-state index contributed by atoms with van der Waals surface area (Å²) in [5.74, 6) is 0.127. The first kappa shape index (κ1) is 14.7. The van der Waals surface area contributed by atoms with Crippen LogP contribution in [0.2, 0.25) is 0 Å². The maximum Gasteiger partial charge on any atom is 0.347 e.